The molecule has 1 N–H and O–H groups in total. The summed E-state index contributed by atoms with van der Waals surface area (Å²) in [6.07, 6.45) is 0. The van der Waals surface area contributed by atoms with Crippen molar-refractivity contribution in [3.8, 4) is 5.69 Å². The quantitative estimate of drug-likeness (QED) is 0.420. The largest absolute Gasteiger partial charge is 0.316 e. The zero-order valence-corrected chi connectivity index (χ0v) is 20.8. The van der Waals surface area contributed by atoms with E-state index in [1.54, 1.807) is 30.8 Å². The first-order chi connectivity index (χ1) is 16.6. The molecule has 35 heavy (non-hydrogen) atoms. The maximum atomic E-state index is 13.0. The van der Waals surface area contributed by atoms with Crippen molar-refractivity contribution in [1.82, 2.24) is 9.36 Å². The number of halogens is 1. The van der Waals surface area contributed by atoms with Crippen LogP contribution in [0.1, 0.15) is 16.1 Å². The van der Waals surface area contributed by atoms with Gasteiger partial charge in [-0.3, -0.25) is 18.6 Å². The Bertz CT molecular complexity index is 1540. The fraction of sp³-hybridized carbons (Fsp3) is 0.120. The van der Waals surface area contributed by atoms with Crippen LogP contribution in [0.2, 0.25) is 5.02 Å². The molecule has 0 bridgehead atoms. The average molecular weight is 511 g/mol. The minimum atomic E-state index is -3.80. The van der Waals surface area contributed by atoms with Gasteiger partial charge in [-0.05, 0) is 67.6 Å². The van der Waals surface area contributed by atoms with Gasteiger partial charge in [0, 0.05) is 24.7 Å². The van der Waals surface area contributed by atoms with E-state index in [9.17, 15) is 18.0 Å². The van der Waals surface area contributed by atoms with Gasteiger partial charge in [0.15, 0.2) is 0 Å². The summed E-state index contributed by atoms with van der Waals surface area (Å²) in [4.78, 5) is 26.0. The van der Waals surface area contributed by atoms with Crippen molar-refractivity contribution >= 4 is 38.9 Å². The van der Waals surface area contributed by atoms with E-state index in [4.69, 9.17) is 11.6 Å². The second kappa shape index (κ2) is 9.44. The van der Waals surface area contributed by atoms with E-state index in [1.165, 1.54) is 60.3 Å². The van der Waals surface area contributed by atoms with Crippen LogP contribution in [0.3, 0.4) is 0 Å². The average Bonchev–Trinajstić information content (AvgIpc) is 3.07. The molecule has 1 aromatic heterocycles. The number of nitrogens with one attached hydrogen (secondary N) is 1. The number of anilines is 2. The molecule has 0 saturated carbocycles. The van der Waals surface area contributed by atoms with Gasteiger partial charge in [0.05, 0.1) is 22.0 Å². The van der Waals surface area contributed by atoms with Crippen LogP contribution in [0.5, 0.6) is 0 Å². The highest BCUT2D eigenvalue weighted by molar-refractivity contribution is 7.92. The molecule has 0 fully saturated rings. The molecule has 4 rings (SSSR count). The summed E-state index contributed by atoms with van der Waals surface area (Å²) >= 11 is 5.86. The number of rotatable bonds is 6. The van der Waals surface area contributed by atoms with Crippen molar-refractivity contribution in [2.45, 2.75) is 11.8 Å². The Morgan fingerprint density at radius 1 is 0.943 bits per heavy atom. The SMILES string of the molecule is Cc1c(NC(=O)c2ccc(N(C)S(=O)(=O)c3ccc(Cl)cc3)cc2)c(=O)n(-c2ccccc2)n1C. The van der Waals surface area contributed by atoms with Gasteiger partial charge < -0.3 is 5.32 Å². The number of amides is 1. The third kappa shape index (κ3) is 4.60. The third-order valence-electron chi connectivity index (χ3n) is 5.76. The van der Waals surface area contributed by atoms with E-state index < -0.39 is 15.9 Å². The van der Waals surface area contributed by atoms with Crippen LogP contribution in [0, 0.1) is 6.92 Å². The molecule has 180 valence electrons. The highest BCUT2D eigenvalue weighted by atomic mass is 35.5. The van der Waals surface area contributed by atoms with Crippen LogP contribution in [0.25, 0.3) is 5.69 Å². The number of benzene rings is 3. The number of carbonyl (C=O) groups is 1. The first-order valence-corrected chi connectivity index (χ1v) is 12.4. The van der Waals surface area contributed by atoms with E-state index >= 15 is 0 Å². The number of nitrogens with zero attached hydrogens (tertiary/aromatic N) is 3. The molecule has 0 aliphatic carbocycles. The number of carbonyl (C=O) groups excluding carboxylic acids is 1. The number of para-hydroxylation sites is 1. The molecular weight excluding hydrogens is 488 g/mol. The molecule has 1 heterocycles. The Morgan fingerprint density at radius 3 is 2.14 bits per heavy atom. The van der Waals surface area contributed by atoms with Crippen LogP contribution in [0.15, 0.2) is 88.6 Å². The van der Waals surface area contributed by atoms with Crippen molar-refractivity contribution in [3.63, 3.8) is 0 Å². The molecule has 1 amide bonds. The molecule has 0 aliphatic rings. The Morgan fingerprint density at radius 2 is 1.54 bits per heavy atom. The summed E-state index contributed by atoms with van der Waals surface area (Å²) in [7, 11) is -0.633. The predicted molar refractivity (Wildman–Crippen MR) is 137 cm³/mol. The molecule has 0 saturated heterocycles. The Balaban J connectivity index is 1.57. The fourth-order valence-electron chi connectivity index (χ4n) is 3.62. The molecule has 10 heteroatoms. The van der Waals surface area contributed by atoms with Crippen molar-refractivity contribution < 1.29 is 13.2 Å². The molecular formula is C25H23ClN4O4S. The standard InChI is InChI=1S/C25H23ClN4O4S/c1-17-23(25(32)30(28(17)2)21-7-5-4-6-8-21)27-24(31)18-9-13-20(14-10-18)29(3)35(33,34)22-15-11-19(26)12-16-22/h4-16H,1-3H3,(H,27,31). The van der Waals surface area contributed by atoms with Crippen LogP contribution in [0.4, 0.5) is 11.4 Å². The molecule has 3 aromatic carbocycles. The van der Waals surface area contributed by atoms with Gasteiger partial charge in [-0.2, -0.15) is 0 Å². The van der Waals surface area contributed by atoms with Gasteiger partial charge in [-0.15, -0.1) is 0 Å². The van der Waals surface area contributed by atoms with Crippen LogP contribution >= 0.6 is 11.6 Å². The lowest BCUT2D eigenvalue weighted by Gasteiger charge is -2.19. The lowest BCUT2D eigenvalue weighted by Crippen LogP contribution is -2.26. The van der Waals surface area contributed by atoms with Gasteiger partial charge in [0.2, 0.25) is 0 Å². The number of hydrogen-bond acceptors (Lipinski definition) is 4. The molecule has 0 unspecified atom stereocenters. The van der Waals surface area contributed by atoms with Crippen LogP contribution in [-0.4, -0.2) is 30.7 Å². The third-order valence-corrected chi connectivity index (χ3v) is 7.81. The maximum Gasteiger partial charge on any atom is 0.295 e. The lowest BCUT2D eigenvalue weighted by atomic mass is 10.2. The molecule has 4 aromatic rings. The van der Waals surface area contributed by atoms with Crippen molar-refractivity contribution in [3.05, 3.63) is 105 Å². The topological polar surface area (TPSA) is 93.4 Å². The monoisotopic (exact) mass is 510 g/mol. The number of sulfonamides is 1. The Kier molecular flexibility index (Phi) is 6.56. The number of aromatic nitrogens is 2. The molecule has 0 radical (unpaired) electrons. The molecule has 0 spiro atoms. The summed E-state index contributed by atoms with van der Waals surface area (Å²) in [6, 6.07) is 21.1. The normalized spacial score (nSPS) is 11.3. The first kappa shape index (κ1) is 24.3. The van der Waals surface area contributed by atoms with E-state index in [2.05, 4.69) is 5.32 Å². The summed E-state index contributed by atoms with van der Waals surface area (Å²) in [5, 5.41) is 3.13. The minimum Gasteiger partial charge on any atom is -0.316 e. The van der Waals surface area contributed by atoms with Crippen molar-refractivity contribution in [2.24, 2.45) is 7.05 Å². The van der Waals surface area contributed by atoms with Gasteiger partial charge in [0.1, 0.15) is 5.69 Å². The summed E-state index contributed by atoms with van der Waals surface area (Å²) in [5.41, 5.74) is 1.75. The van der Waals surface area contributed by atoms with Crippen LogP contribution in [-0.2, 0) is 17.1 Å². The molecule has 8 nitrogen and oxygen atoms in total. The van der Waals surface area contributed by atoms with Crippen molar-refractivity contribution in [1.29, 1.82) is 0 Å². The smallest absolute Gasteiger partial charge is 0.295 e. The minimum absolute atomic E-state index is 0.0977. The van der Waals surface area contributed by atoms with Crippen molar-refractivity contribution in [2.75, 3.05) is 16.7 Å². The van der Waals surface area contributed by atoms with E-state index in [-0.39, 0.29) is 21.7 Å². The highest BCUT2D eigenvalue weighted by Crippen LogP contribution is 2.24. The van der Waals surface area contributed by atoms with Gasteiger partial charge in [-0.1, -0.05) is 29.8 Å². The Hall–Kier alpha value is -3.82. The summed E-state index contributed by atoms with van der Waals surface area (Å²) in [6.45, 7) is 1.75. The molecule has 0 atom stereocenters. The number of hydrogen-bond donors (Lipinski definition) is 1. The summed E-state index contributed by atoms with van der Waals surface area (Å²) in [5.74, 6) is -0.481. The summed E-state index contributed by atoms with van der Waals surface area (Å²) < 4.78 is 30.1. The van der Waals surface area contributed by atoms with Crippen LogP contribution < -0.4 is 15.2 Å². The van der Waals surface area contributed by atoms with E-state index in [0.717, 1.165) is 4.31 Å². The van der Waals surface area contributed by atoms with Gasteiger partial charge in [0.25, 0.3) is 21.5 Å². The van der Waals surface area contributed by atoms with E-state index in [1.807, 2.05) is 18.2 Å². The second-order valence-corrected chi connectivity index (χ2v) is 10.3. The van der Waals surface area contributed by atoms with Gasteiger partial charge >= 0.3 is 0 Å². The van der Waals surface area contributed by atoms with Gasteiger partial charge in [-0.25, -0.2) is 13.1 Å². The zero-order valence-electron chi connectivity index (χ0n) is 19.3. The maximum absolute atomic E-state index is 13.0. The predicted octanol–water partition coefficient (Wildman–Crippen LogP) is 4.22. The fourth-order valence-corrected chi connectivity index (χ4v) is 4.95. The highest BCUT2D eigenvalue weighted by Gasteiger charge is 2.22. The Labute approximate surface area is 208 Å². The van der Waals surface area contributed by atoms with E-state index in [0.29, 0.717) is 22.1 Å². The zero-order chi connectivity index (χ0) is 25.3. The lowest BCUT2D eigenvalue weighted by molar-refractivity contribution is 0.102. The second-order valence-electron chi connectivity index (χ2n) is 7.86. The molecule has 0 aliphatic heterocycles. The first-order valence-electron chi connectivity index (χ1n) is 10.6.